The van der Waals surface area contributed by atoms with Crippen molar-refractivity contribution in [3.63, 3.8) is 0 Å². The largest absolute Gasteiger partial charge is 0.317 e. The summed E-state index contributed by atoms with van der Waals surface area (Å²) < 4.78 is 24.9. The third-order valence-electron chi connectivity index (χ3n) is 2.13. The molecule has 0 aliphatic rings. The minimum absolute atomic E-state index is 0.466. The van der Waals surface area contributed by atoms with Crippen LogP contribution >= 0.6 is 0 Å². The highest BCUT2D eigenvalue weighted by Crippen LogP contribution is 2.24. The molecule has 1 atom stereocenters. The van der Waals surface area contributed by atoms with Crippen LogP contribution in [0, 0.1) is 6.92 Å². The summed E-state index contributed by atoms with van der Waals surface area (Å²) in [7, 11) is 0. The van der Waals surface area contributed by atoms with E-state index in [1.54, 1.807) is 24.3 Å². The van der Waals surface area contributed by atoms with Gasteiger partial charge in [0.25, 0.3) is 6.43 Å². The van der Waals surface area contributed by atoms with Crippen LogP contribution in [0.2, 0.25) is 0 Å². The second kappa shape index (κ2) is 3.42. The lowest BCUT2D eigenvalue weighted by atomic mass is 9.93. The topological polar surface area (TPSA) is 26.0 Å². The van der Waals surface area contributed by atoms with Crippen molar-refractivity contribution in [1.29, 1.82) is 0 Å². The molecule has 0 aliphatic carbocycles. The van der Waals surface area contributed by atoms with E-state index >= 15 is 0 Å². The summed E-state index contributed by atoms with van der Waals surface area (Å²) in [6, 6.07) is 6.84. The molecule has 0 amide bonds. The van der Waals surface area contributed by atoms with Crippen molar-refractivity contribution in [1.82, 2.24) is 0 Å². The van der Waals surface area contributed by atoms with Gasteiger partial charge in [0.1, 0.15) is 0 Å². The molecule has 13 heavy (non-hydrogen) atoms. The fraction of sp³-hybridized carbons (Fsp3) is 0.400. The SMILES string of the molecule is Cc1ccc(C(C)(N)C(F)F)cc1. The number of benzene rings is 1. The molecule has 0 aliphatic heterocycles. The Balaban J connectivity index is 3.01. The van der Waals surface area contributed by atoms with Gasteiger partial charge in [0, 0.05) is 0 Å². The maximum atomic E-state index is 12.5. The van der Waals surface area contributed by atoms with Crippen LogP contribution in [0.4, 0.5) is 8.78 Å². The highest BCUT2D eigenvalue weighted by atomic mass is 19.3. The molecule has 0 fully saturated rings. The molecule has 1 rings (SSSR count). The molecule has 1 nitrogen and oxygen atoms in total. The van der Waals surface area contributed by atoms with Gasteiger partial charge in [0.2, 0.25) is 0 Å². The molecule has 1 aromatic carbocycles. The zero-order chi connectivity index (χ0) is 10.1. The summed E-state index contributed by atoms with van der Waals surface area (Å²) in [5, 5.41) is 0. The van der Waals surface area contributed by atoms with E-state index in [0.717, 1.165) is 5.56 Å². The number of alkyl halides is 2. The second-order valence-electron chi connectivity index (χ2n) is 3.45. The van der Waals surface area contributed by atoms with Gasteiger partial charge in [0.15, 0.2) is 0 Å². The fourth-order valence-corrected chi connectivity index (χ4v) is 1.04. The molecule has 0 bridgehead atoms. The molecule has 0 saturated heterocycles. The lowest BCUT2D eigenvalue weighted by molar-refractivity contribution is 0.0625. The minimum atomic E-state index is -2.55. The average Bonchev–Trinajstić information content (AvgIpc) is 2.04. The van der Waals surface area contributed by atoms with Gasteiger partial charge in [-0.2, -0.15) is 0 Å². The van der Waals surface area contributed by atoms with Gasteiger partial charge in [-0.1, -0.05) is 29.8 Å². The van der Waals surface area contributed by atoms with Crippen LogP contribution in [-0.2, 0) is 5.54 Å². The Morgan fingerprint density at radius 2 is 1.69 bits per heavy atom. The van der Waals surface area contributed by atoms with Crippen LogP contribution in [0.5, 0.6) is 0 Å². The quantitative estimate of drug-likeness (QED) is 0.752. The Labute approximate surface area is 76.6 Å². The van der Waals surface area contributed by atoms with Crippen molar-refractivity contribution < 1.29 is 8.78 Å². The Kier molecular flexibility index (Phi) is 2.66. The van der Waals surface area contributed by atoms with E-state index in [1.165, 1.54) is 6.92 Å². The zero-order valence-corrected chi connectivity index (χ0v) is 7.72. The first-order valence-electron chi connectivity index (χ1n) is 4.09. The van der Waals surface area contributed by atoms with Crippen molar-refractivity contribution in [2.45, 2.75) is 25.8 Å². The normalized spacial score (nSPS) is 15.8. The van der Waals surface area contributed by atoms with E-state index in [9.17, 15) is 8.78 Å². The van der Waals surface area contributed by atoms with E-state index < -0.39 is 12.0 Å². The van der Waals surface area contributed by atoms with Crippen molar-refractivity contribution in [2.75, 3.05) is 0 Å². The summed E-state index contributed by atoms with van der Waals surface area (Å²) in [6.45, 7) is 3.24. The molecule has 72 valence electrons. The molecule has 0 heterocycles. The van der Waals surface area contributed by atoms with Gasteiger partial charge in [-0.25, -0.2) is 8.78 Å². The Morgan fingerprint density at radius 1 is 1.23 bits per heavy atom. The molecule has 0 radical (unpaired) electrons. The number of hydrogen-bond acceptors (Lipinski definition) is 1. The van der Waals surface area contributed by atoms with Gasteiger partial charge in [-0.15, -0.1) is 0 Å². The van der Waals surface area contributed by atoms with Gasteiger partial charge >= 0.3 is 0 Å². The Bertz CT molecular complexity index is 277. The van der Waals surface area contributed by atoms with Crippen molar-refractivity contribution in [3.05, 3.63) is 35.4 Å². The monoisotopic (exact) mass is 185 g/mol. The predicted molar refractivity (Wildman–Crippen MR) is 48.7 cm³/mol. The van der Waals surface area contributed by atoms with Gasteiger partial charge < -0.3 is 5.73 Å². The molecular formula is C10H13F2N. The average molecular weight is 185 g/mol. The van der Waals surface area contributed by atoms with Crippen molar-refractivity contribution >= 4 is 0 Å². The van der Waals surface area contributed by atoms with Crippen LogP contribution in [0.1, 0.15) is 18.1 Å². The first-order valence-corrected chi connectivity index (χ1v) is 4.09. The molecule has 0 spiro atoms. The minimum Gasteiger partial charge on any atom is -0.317 e. The van der Waals surface area contributed by atoms with E-state index in [2.05, 4.69) is 0 Å². The summed E-state index contributed by atoms with van der Waals surface area (Å²) in [4.78, 5) is 0. The number of rotatable bonds is 2. The smallest absolute Gasteiger partial charge is 0.260 e. The van der Waals surface area contributed by atoms with Crippen LogP contribution in [-0.4, -0.2) is 6.43 Å². The molecule has 1 unspecified atom stereocenters. The first kappa shape index (κ1) is 10.1. The lowest BCUT2D eigenvalue weighted by Gasteiger charge is -2.24. The van der Waals surface area contributed by atoms with E-state index in [-0.39, 0.29) is 0 Å². The maximum absolute atomic E-state index is 12.5. The summed E-state index contributed by atoms with van der Waals surface area (Å²) in [5.74, 6) is 0. The number of halogens is 2. The second-order valence-corrected chi connectivity index (χ2v) is 3.45. The third-order valence-corrected chi connectivity index (χ3v) is 2.13. The van der Waals surface area contributed by atoms with Crippen LogP contribution in [0.15, 0.2) is 24.3 Å². The molecule has 0 aromatic heterocycles. The van der Waals surface area contributed by atoms with Crippen LogP contribution < -0.4 is 5.73 Å². The van der Waals surface area contributed by atoms with Crippen LogP contribution in [0.3, 0.4) is 0 Å². The van der Waals surface area contributed by atoms with E-state index in [1.807, 2.05) is 6.92 Å². The van der Waals surface area contributed by atoms with Gasteiger partial charge in [-0.05, 0) is 19.4 Å². The molecular weight excluding hydrogens is 172 g/mol. The summed E-state index contributed by atoms with van der Waals surface area (Å²) >= 11 is 0. The molecule has 3 heteroatoms. The van der Waals surface area contributed by atoms with Gasteiger partial charge in [0.05, 0.1) is 5.54 Å². The fourth-order valence-electron chi connectivity index (χ4n) is 1.04. The van der Waals surface area contributed by atoms with E-state index in [0.29, 0.717) is 5.56 Å². The number of nitrogens with two attached hydrogens (primary N) is 1. The number of aryl methyl sites for hydroxylation is 1. The Hall–Kier alpha value is -0.960. The zero-order valence-electron chi connectivity index (χ0n) is 7.72. The summed E-state index contributed by atoms with van der Waals surface area (Å²) in [5.41, 5.74) is 5.43. The standard InChI is InChI=1S/C10H13F2N/c1-7-3-5-8(6-4-7)10(2,13)9(11)12/h3-6,9H,13H2,1-2H3. The third kappa shape index (κ3) is 2.04. The Morgan fingerprint density at radius 3 is 2.08 bits per heavy atom. The molecule has 0 saturated carbocycles. The first-order chi connectivity index (χ1) is 5.94. The highest BCUT2D eigenvalue weighted by Gasteiger charge is 2.31. The summed E-state index contributed by atoms with van der Waals surface area (Å²) in [6.07, 6.45) is -2.55. The maximum Gasteiger partial charge on any atom is 0.260 e. The van der Waals surface area contributed by atoms with Crippen molar-refractivity contribution in [3.8, 4) is 0 Å². The highest BCUT2D eigenvalue weighted by molar-refractivity contribution is 5.27. The van der Waals surface area contributed by atoms with Crippen molar-refractivity contribution in [2.24, 2.45) is 5.73 Å². The molecule has 1 aromatic rings. The predicted octanol–water partition coefficient (Wildman–Crippen LogP) is 2.43. The number of hydrogen-bond donors (Lipinski definition) is 1. The lowest BCUT2D eigenvalue weighted by Crippen LogP contribution is -2.40. The van der Waals surface area contributed by atoms with Crippen LogP contribution in [0.25, 0.3) is 0 Å². The van der Waals surface area contributed by atoms with Gasteiger partial charge in [-0.3, -0.25) is 0 Å². The molecule has 2 N–H and O–H groups in total. The van der Waals surface area contributed by atoms with E-state index in [4.69, 9.17) is 5.73 Å².